The van der Waals surface area contributed by atoms with Crippen LogP contribution < -0.4 is 10.1 Å². The second kappa shape index (κ2) is 7.68. The molecule has 0 aliphatic rings. The van der Waals surface area contributed by atoms with Gasteiger partial charge >= 0.3 is 0 Å². The van der Waals surface area contributed by atoms with Crippen LogP contribution in [0.25, 0.3) is 0 Å². The summed E-state index contributed by atoms with van der Waals surface area (Å²) < 4.78 is 31.7. The fraction of sp³-hybridized carbons (Fsp3) is 0.438. The first-order chi connectivity index (χ1) is 12.1. The number of carbonyl (C=O) groups excluding carboxylic acids is 1. The Labute approximate surface area is 157 Å². The van der Waals surface area contributed by atoms with Crippen molar-refractivity contribution in [2.24, 2.45) is 5.41 Å². The van der Waals surface area contributed by atoms with Crippen molar-refractivity contribution < 1.29 is 17.9 Å². The van der Waals surface area contributed by atoms with E-state index in [2.05, 4.69) is 15.5 Å². The molecule has 142 valence electrons. The standard InChI is InChI=1S/C16H22N4O4S2/c1-16(2,3)13(21)17-14-18-19-15(25-14)26(22,23)20(4)10-11-8-6-7-9-12(11)24-5/h6-9H,10H2,1-5H3,(H,17,18,21). The molecule has 0 aliphatic carbocycles. The summed E-state index contributed by atoms with van der Waals surface area (Å²) in [6.07, 6.45) is 0. The molecule has 0 spiro atoms. The molecule has 0 fully saturated rings. The molecule has 2 aromatic rings. The molecular formula is C16H22N4O4S2. The maximum Gasteiger partial charge on any atom is 0.272 e. The molecule has 8 nitrogen and oxygen atoms in total. The van der Waals surface area contributed by atoms with Crippen LogP contribution >= 0.6 is 11.3 Å². The van der Waals surface area contributed by atoms with Crippen molar-refractivity contribution in [1.82, 2.24) is 14.5 Å². The molecule has 2 rings (SSSR count). The normalized spacial score (nSPS) is 12.2. The Kier molecular flexibility index (Phi) is 5.99. The molecular weight excluding hydrogens is 376 g/mol. The Balaban J connectivity index is 2.18. The third-order valence-corrected chi connectivity index (χ3v) is 6.51. The third-order valence-electron chi connectivity index (χ3n) is 3.52. The van der Waals surface area contributed by atoms with Crippen LogP contribution in [-0.2, 0) is 21.4 Å². The van der Waals surface area contributed by atoms with Crippen LogP contribution in [0.1, 0.15) is 26.3 Å². The Morgan fingerprint density at radius 3 is 2.54 bits per heavy atom. The number of nitrogens with one attached hydrogen (secondary N) is 1. The van der Waals surface area contributed by atoms with Crippen LogP contribution in [-0.4, -0.2) is 43.0 Å². The van der Waals surface area contributed by atoms with Crippen LogP contribution in [0.4, 0.5) is 5.13 Å². The van der Waals surface area contributed by atoms with Crippen molar-refractivity contribution in [3.63, 3.8) is 0 Å². The molecule has 1 aromatic carbocycles. The van der Waals surface area contributed by atoms with Crippen molar-refractivity contribution >= 4 is 32.4 Å². The molecule has 1 N–H and O–H groups in total. The summed E-state index contributed by atoms with van der Waals surface area (Å²) in [4.78, 5) is 12.0. The highest BCUT2D eigenvalue weighted by Gasteiger charge is 2.28. The minimum atomic E-state index is -3.84. The van der Waals surface area contributed by atoms with Gasteiger partial charge in [-0.1, -0.05) is 50.3 Å². The highest BCUT2D eigenvalue weighted by Crippen LogP contribution is 2.27. The lowest BCUT2D eigenvalue weighted by atomic mass is 9.96. The summed E-state index contributed by atoms with van der Waals surface area (Å²) in [5, 5.41) is 10.2. The highest BCUT2D eigenvalue weighted by atomic mass is 32.2. The van der Waals surface area contributed by atoms with Crippen molar-refractivity contribution in [1.29, 1.82) is 0 Å². The smallest absolute Gasteiger partial charge is 0.272 e. The van der Waals surface area contributed by atoms with E-state index in [0.29, 0.717) is 5.75 Å². The minimum Gasteiger partial charge on any atom is -0.496 e. The van der Waals surface area contributed by atoms with E-state index >= 15 is 0 Å². The number of benzene rings is 1. The maximum absolute atomic E-state index is 12.7. The van der Waals surface area contributed by atoms with Gasteiger partial charge in [-0.2, -0.15) is 4.31 Å². The Hall–Kier alpha value is -2.04. The summed E-state index contributed by atoms with van der Waals surface area (Å²) in [7, 11) is -0.856. The van der Waals surface area contributed by atoms with E-state index in [1.807, 2.05) is 12.1 Å². The topological polar surface area (TPSA) is 101 Å². The number of ether oxygens (including phenoxy) is 1. The molecule has 1 amide bonds. The Morgan fingerprint density at radius 1 is 1.27 bits per heavy atom. The van der Waals surface area contributed by atoms with Crippen LogP contribution in [0.15, 0.2) is 28.6 Å². The number of aromatic nitrogens is 2. The van der Waals surface area contributed by atoms with Gasteiger partial charge in [-0.3, -0.25) is 4.79 Å². The summed E-state index contributed by atoms with van der Waals surface area (Å²) in [5.41, 5.74) is 0.109. The molecule has 0 atom stereocenters. The van der Waals surface area contributed by atoms with Gasteiger partial charge in [-0.05, 0) is 6.07 Å². The zero-order valence-electron chi connectivity index (χ0n) is 15.3. The molecule has 1 aromatic heterocycles. The number of anilines is 1. The number of amides is 1. The SMILES string of the molecule is COc1ccccc1CN(C)S(=O)(=O)c1nnc(NC(=O)C(C)(C)C)s1. The summed E-state index contributed by atoms with van der Waals surface area (Å²) in [6, 6.07) is 7.18. The van der Waals surface area contributed by atoms with Gasteiger partial charge in [0.2, 0.25) is 15.4 Å². The molecule has 0 saturated heterocycles. The van der Waals surface area contributed by atoms with Gasteiger partial charge in [0, 0.05) is 24.6 Å². The van der Waals surface area contributed by atoms with Gasteiger partial charge in [0.05, 0.1) is 7.11 Å². The van der Waals surface area contributed by atoms with Crippen LogP contribution in [0, 0.1) is 5.41 Å². The van der Waals surface area contributed by atoms with E-state index in [1.165, 1.54) is 18.5 Å². The lowest BCUT2D eigenvalue weighted by Gasteiger charge is -2.17. The number of carbonyl (C=O) groups is 1. The van der Waals surface area contributed by atoms with Gasteiger partial charge in [-0.15, -0.1) is 10.2 Å². The molecule has 0 aliphatic heterocycles. The number of sulfonamides is 1. The maximum atomic E-state index is 12.7. The molecule has 1 heterocycles. The quantitative estimate of drug-likeness (QED) is 0.750. The largest absolute Gasteiger partial charge is 0.496 e. The average molecular weight is 399 g/mol. The lowest BCUT2D eigenvalue weighted by molar-refractivity contribution is -0.123. The van der Waals surface area contributed by atoms with Crippen LogP contribution in [0.5, 0.6) is 5.75 Å². The monoisotopic (exact) mass is 398 g/mol. The van der Waals surface area contributed by atoms with E-state index in [-0.39, 0.29) is 21.9 Å². The second-order valence-electron chi connectivity index (χ2n) is 6.65. The number of para-hydroxylation sites is 1. The predicted octanol–water partition coefficient (Wildman–Crippen LogP) is 2.35. The van der Waals surface area contributed by atoms with Crippen LogP contribution in [0.2, 0.25) is 0 Å². The Bertz CT molecular complexity index is 888. The summed E-state index contributed by atoms with van der Waals surface area (Å²) in [6.45, 7) is 5.38. The molecule has 10 heteroatoms. The van der Waals surface area contributed by atoms with Gasteiger partial charge in [0.15, 0.2) is 0 Å². The number of hydrogen-bond donors (Lipinski definition) is 1. The lowest BCUT2D eigenvalue weighted by Crippen LogP contribution is -2.27. The predicted molar refractivity (Wildman–Crippen MR) is 99.6 cm³/mol. The van der Waals surface area contributed by atoms with Gasteiger partial charge in [0.1, 0.15) is 5.75 Å². The van der Waals surface area contributed by atoms with E-state index in [0.717, 1.165) is 16.9 Å². The first kappa shape index (κ1) is 20.3. The zero-order valence-corrected chi connectivity index (χ0v) is 16.9. The van der Waals surface area contributed by atoms with Crippen molar-refractivity contribution in [2.45, 2.75) is 31.7 Å². The minimum absolute atomic E-state index is 0.121. The number of nitrogens with zero attached hydrogens (tertiary/aromatic N) is 3. The number of methoxy groups -OCH3 is 1. The fourth-order valence-electron chi connectivity index (χ4n) is 1.94. The average Bonchev–Trinajstić information content (AvgIpc) is 3.03. The van der Waals surface area contributed by atoms with E-state index in [9.17, 15) is 13.2 Å². The molecule has 26 heavy (non-hydrogen) atoms. The second-order valence-corrected chi connectivity index (χ2v) is 9.85. The van der Waals surface area contributed by atoms with Gasteiger partial charge in [-0.25, -0.2) is 8.42 Å². The molecule has 0 bridgehead atoms. The van der Waals surface area contributed by atoms with Gasteiger partial charge < -0.3 is 10.1 Å². The van der Waals surface area contributed by atoms with E-state index in [4.69, 9.17) is 4.74 Å². The first-order valence-corrected chi connectivity index (χ1v) is 10.0. The van der Waals surface area contributed by atoms with E-state index < -0.39 is 15.4 Å². The molecule has 0 radical (unpaired) electrons. The number of rotatable bonds is 6. The summed E-state index contributed by atoms with van der Waals surface area (Å²) >= 11 is 0.818. The summed E-state index contributed by atoms with van der Waals surface area (Å²) in [5.74, 6) is 0.338. The fourth-order valence-corrected chi connectivity index (χ4v) is 4.17. The highest BCUT2D eigenvalue weighted by molar-refractivity contribution is 7.91. The van der Waals surface area contributed by atoms with Crippen molar-refractivity contribution in [3.05, 3.63) is 29.8 Å². The van der Waals surface area contributed by atoms with Crippen molar-refractivity contribution in [3.8, 4) is 5.75 Å². The number of hydrogen-bond acceptors (Lipinski definition) is 7. The molecule has 0 unspecified atom stereocenters. The van der Waals surface area contributed by atoms with Crippen LogP contribution in [0.3, 0.4) is 0 Å². The van der Waals surface area contributed by atoms with Crippen molar-refractivity contribution in [2.75, 3.05) is 19.5 Å². The molecule has 0 saturated carbocycles. The zero-order chi connectivity index (χ0) is 19.5. The van der Waals surface area contributed by atoms with Gasteiger partial charge in [0.25, 0.3) is 10.0 Å². The first-order valence-electron chi connectivity index (χ1n) is 7.79. The third kappa shape index (κ3) is 4.57. The Morgan fingerprint density at radius 2 is 1.92 bits per heavy atom. The van der Waals surface area contributed by atoms with E-state index in [1.54, 1.807) is 32.9 Å².